The zero-order valence-corrected chi connectivity index (χ0v) is 11.3. The van der Waals surface area contributed by atoms with Crippen molar-refractivity contribution in [2.75, 3.05) is 30.8 Å². The number of nitrogens with two attached hydrogens (primary N) is 3. The van der Waals surface area contributed by atoms with E-state index >= 15 is 0 Å². The molecule has 1 aromatic carbocycles. The van der Waals surface area contributed by atoms with Crippen molar-refractivity contribution in [1.29, 1.82) is 0 Å². The second-order valence-electron chi connectivity index (χ2n) is 4.17. The lowest BCUT2D eigenvalue weighted by atomic mass is 10.1. The second-order valence-corrected chi connectivity index (χ2v) is 4.17. The van der Waals surface area contributed by atoms with Gasteiger partial charge in [0.15, 0.2) is 0 Å². The first-order valence-corrected chi connectivity index (χ1v) is 5.75. The third-order valence-corrected chi connectivity index (χ3v) is 2.56. The van der Waals surface area contributed by atoms with E-state index in [-0.39, 0.29) is 16.9 Å². The average molecular weight is 298 g/mol. The summed E-state index contributed by atoms with van der Waals surface area (Å²) in [5, 5.41) is 0. The van der Waals surface area contributed by atoms with Gasteiger partial charge in [-0.05, 0) is 12.1 Å². The highest BCUT2D eigenvalue weighted by atomic mass is 19.1. The van der Waals surface area contributed by atoms with Crippen molar-refractivity contribution in [1.82, 2.24) is 0 Å². The van der Waals surface area contributed by atoms with Crippen LogP contribution >= 0.6 is 0 Å². The summed E-state index contributed by atoms with van der Waals surface area (Å²) in [5.41, 5.74) is 15.2. The Morgan fingerprint density at radius 2 is 1.71 bits per heavy atom. The van der Waals surface area contributed by atoms with Crippen LogP contribution in [0.1, 0.15) is 10.4 Å². The molecule has 1 aromatic rings. The topological polar surface area (TPSA) is 142 Å². The van der Waals surface area contributed by atoms with E-state index < -0.39 is 36.7 Å². The summed E-state index contributed by atoms with van der Waals surface area (Å²) in [4.78, 5) is 34.6. The van der Waals surface area contributed by atoms with Crippen LogP contribution < -0.4 is 22.1 Å². The van der Waals surface area contributed by atoms with Crippen molar-refractivity contribution >= 4 is 29.2 Å². The summed E-state index contributed by atoms with van der Waals surface area (Å²) in [7, 11) is 1.13. The summed E-state index contributed by atoms with van der Waals surface area (Å²) in [6.45, 7) is -0.908. The molecule has 21 heavy (non-hydrogen) atoms. The van der Waals surface area contributed by atoms with Gasteiger partial charge in [0.2, 0.25) is 11.8 Å². The monoisotopic (exact) mass is 298 g/mol. The predicted molar refractivity (Wildman–Crippen MR) is 72.8 cm³/mol. The van der Waals surface area contributed by atoms with Crippen molar-refractivity contribution in [3.05, 3.63) is 23.5 Å². The highest BCUT2D eigenvalue weighted by Gasteiger charge is 2.20. The van der Waals surface area contributed by atoms with Crippen molar-refractivity contribution in [2.45, 2.75) is 0 Å². The zero-order valence-electron chi connectivity index (χ0n) is 11.3. The smallest absolute Gasteiger partial charge is 0.340 e. The molecule has 0 aliphatic heterocycles. The summed E-state index contributed by atoms with van der Waals surface area (Å²) < 4.78 is 18.5. The predicted octanol–water partition coefficient (Wildman–Crippen LogP) is -1.03. The second kappa shape index (κ2) is 6.55. The Morgan fingerprint density at radius 1 is 1.19 bits per heavy atom. The SMILES string of the molecule is COC(=O)c1cc(N(CC(N)=O)CC(N)=O)c(F)cc1N. The summed E-state index contributed by atoms with van der Waals surface area (Å²) in [6, 6.07) is 1.96. The molecular formula is C12H15FN4O4. The molecular weight excluding hydrogens is 283 g/mol. The highest BCUT2D eigenvalue weighted by Crippen LogP contribution is 2.26. The molecule has 0 atom stereocenters. The number of hydrogen-bond donors (Lipinski definition) is 3. The number of esters is 1. The number of nitrogen functional groups attached to an aromatic ring is 1. The molecule has 0 aromatic heterocycles. The minimum atomic E-state index is -0.831. The van der Waals surface area contributed by atoms with E-state index in [0.29, 0.717) is 0 Å². The molecule has 2 amide bonds. The number of rotatable bonds is 6. The van der Waals surface area contributed by atoms with Crippen LogP contribution in [0.5, 0.6) is 0 Å². The molecule has 0 fully saturated rings. The molecule has 0 heterocycles. The van der Waals surface area contributed by atoms with Crippen molar-refractivity contribution in [2.24, 2.45) is 11.5 Å². The lowest BCUT2D eigenvalue weighted by Gasteiger charge is -2.23. The molecule has 9 heteroatoms. The Kier molecular flexibility index (Phi) is 5.06. The zero-order chi connectivity index (χ0) is 16.2. The molecule has 0 aliphatic rings. The first kappa shape index (κ1) is 16.2. The quantitative estimate of drug-likeness (QED) is 0.453. The van der Waals surface area contributed by atoms with Crippen LogP contribution in [-0.2, 0) is 14.3 Å². The van der Waals surface area contributed by atoms with Crippen molar-refractivity contribution in [3.63, 3.8) is 0 Å². The van der Waals surface area contributed by atoms with Crippen LogP contribution in [0.3, 0.4) is 0 Å². The summed E-state index contributed by atoms with van der Waals surface area (Å²) in [5.74, 6) is -3.21. The van der Waals surface area contributed by atoms with Crippen LogP contribution in [0.15, 0.2) is 12.1 Å². The lowest BCUT2D eigenvalue weighted by Crippen LogP contribution is -2.40. The molecule has 1 rings (SSSR count). The van der Waals surface area contributed by atoms with Crippen LogP contribution in [0.4, 0.5) is 15.8 Å². The van der Waals surface area contributed by atoms with Gasteiger partial charge in [-0.1, -0.05) is 0 Å². The highest BCUT2D eigenvalue weighted by molar-refractivity contribution is 5.97. The molecule has 8 nitrogen and oxygen atoms in total. The van der Waals surface area contributed by atoms with Crippen molar-refractivity contribution in [3.8, 4) is 0 Å². The number of ether oxygens (including phenoxy) is 1. The number of benzene rings is 1. The van der Waals surface area contributed by atoms with E-state index in [0.717, 1.165) is 24.1 Å². The fourth-order valence-corrected chi connectivity index (χ4v) is 1.71. The van der Waals surface area contributed by atoms with Gasteiger partial charge in [-0.25, -0.2) is 9.18 Å². The van der Waals surface area contributed by atoms with Crippen LogP contribution in [0.25, 0.3) is 0 Å². The van der Waals surface area contributed by atoms with Gasteiger partial charge in [0.05, 0.1) is 31.5 Å². The largest absolute Gasteiger partial charge is 0.465 e. The maximum absolute atomic E-state index is 14.0. The molecule has 0 aliphatic carbocycles. The third-order valence-electron chi connectivity index (χ3n) is 2.56. The Hall–Kier alpha value is -2.84. The fourth-order valence-electron chi connectivity index (χ4n) is 1.71. The number of carbonyl (C=O) groups is 3. The van der Waals surface area contributed by atoms with Crippen molar-refractivity contribution < 1.29 is 23.5 Å². The minimum absolute atomic E-state index is 0.104. The number of nitrogens with zero attached hydrogens (tertiary/aromatic N) is 1. The van der Waals surface area contributed by atoms with Gasteiger partial charge < -0.3 is 26.8 Å². The van der Waals surface area contributed by atoms with E-state index in [2.05, 4.69) is 4.74 Å². The van der Waals surface area contributed by atoms with E-state index in [1.807, 2.05) is 0 Å². The van der Waals surface area contributed by atoms with Gasteiger partial charge in [0.1, 0.15) is 5.82 Å². The average Bonchev–Trinajstić information content (AvgIpc) is 2.36. The third kappa shape index (κ3) is 4.06. The minimum Gasteiger partial charge on any atom is -0.465 e. The Bertz CT molecular complexity index is 575. The fraction of sp³-hybridized carbons (Fsp3) is 0.250. The number of amides is 2. The molecule has 0 radical (unpaired) electrons. The maximum atomic E-state index is 14.0. The molecule has 0 bridgehead atoms. The Balaban J connectivity index is 3.32. The normalized spacial score (nSPS) is 10.0. The number of primary amides is 2. The van der Waals surface area contributed by atoms with Gasteiger partial charge in [-0.15, -0.1) is 0 Å². The Labute approximate surface area is 119 Å². The van der Waals surface area contributed by atoms with Crippen LogP contribution in [-0.4, -0.2) is 38.0 Å². The van der Waals surface area contributed by atoms with Crippen LogP contribution in [0, 0.1) is 5.82 Å². The molecule has 0 saturated heterocycles. The molecule has 0 saturated carbocycles. The molecule has 0 spiro atoms. The first-order chi connectivity index (χ1) is 9.76. The van der Waals surface area contributed by atoms with E-state index in [9.17, 15) is 18.8 Å². The van der Waals surface area contributed by atoms with E-state index in [4.69, 9.17) is 17.2 Å². The number of anilines is 2. The number of carbonyl (C=O) groups excluding carboxylic acids is 3. The van der Waals surface area contributed by atoms with Gasteiger partial charge in [-0.3, -0.25) is 9.59 Å². The Morgan fingerprint density at radius 3 is 2.14 bits per heavy atom. The lowest BCUT2D eigenvalue weighted by molar-refractivity contribution is -0.117. The van der Waals surface area contributed by atoms with Gasteiger partial charge in [0.25, 0.3) is 0 Å². The van der Waals surface area contributed by atoms with Gasteiger partial charge >= 0.3 is 5.97 Å². The number of halogens is 1. The van der Waals surface area contributed by atoms with Gasteiger partial charge in [0, 0.05) is 5.69 Å². The first-order valence-electron chi connectivity index (χ1n) is 5.75. The van der Waals surface area contributed by atoms with Crippen LogP contribution in [0.2, 0.25) is 0 Å². The maximum Gasteiger partial charge on any atom is 0.340 e. The molecule has 6 N–H and O–H groups in total. The molecule has 0 unspecified atom stereocenters. The summed E-state index contributed by atoms with van der Waals surface area (Å²) >= 11 is 0. The van der Waals surface area contributed by atoms with E-state index in [1.54, 1.807) is 0 Å². The number of hydrogen-bond acceptors (Lipinski definition) is 6. The summed E-state index contributed by atoms with van der Waals surface area (Å²) in [6.07, 6.45) is 0. The van der Waals surface area contributed by atoms with E-state index in [1.165, 1.54) is 0 Å². The van der Waals surface area contributed by atoms with Gasteiger partial charge in [-0.2, -0.15) is 0 Å². The standard InChI is InChI=1S/C12H15FN4O4/c1-21-12(20)6-2-9(7(13)3-8(6)14)17(4-10(15)18)5-11(16)19/h2-3H,4-5,14H2,1H3,(H2,15,18)(H2,16,19). The number of methoxy groups -OCH3 is 1. The molecule has 114 valence electrons.